The van der Waals surface area contributed by atoms with Crippen molar-refractivity contribution in [1.29, 1.82) is 0 Å². The van der Waals surface area contributed by atoms with Gasteiger partial charge in [0, 0.05) is 0 Å². The van der Waals surface area contributed by atoms with Crippen LogP contribution >= 0.6 is 0 Å². The maximum absolute atomic E-state index is 2.24. The fourth-order valence-corrected chi connectivity index (χ4v) is 1.58. The van der Waals surface area contributed by atoms with Crippen molar-refractivity contribution in [2.75, 3.05) is 0 Å². The molecule has 0 spiro atoms. The molecule has 0 saturated heterocycles. The van der Waals surface area contributed by atoms with E-state index in [0.717, 1.165) is 0 Å². The molecule has 0 atom stereocenters. The molecule has 0 N–H and O–H groups in total. The minimum absolute atomic E-state index is 1.17. The van der Waals surface area contributed by atoms with Gasteiger partial charge in [-0.15, -0.1) is 0 Å². The summed E-state index contributed by atoms with van der Waals surface area (Å²) < 4.78 is 0. The SMILES string of the molecule is C/C=C(/CC)CCc1ccc(C)cc1. The summed E-state index contributed by atoms with van der Waals surface area (Å²) in [6.07, 6.45) is 5.81. The molecule has 1 aromatic rings. The van der Waals surface area contributed by atoms with Gasteiger partial charge in [0.15, 0.2) is 0 Å². The zero-order chi connectivity index (χ0) is 10.4. The molecule has 1 aromatic carbocycles. The van der Waals surface area contributed by atoms with Crippen LogP contribution in [0, 0.1) is 6.92 Å². The molecule has 0 amide bonds. The summed E-state index contributed by atoms with van der Waals surface area (Å²) in [5, 5.41) is 0. The van der Waals surface area contributed by atoms with Gasteiger partial charge in [-0.25, -0.2) is 0 Å². The van der Waals surface area contributed by atoms with Crippen molar-refractivity contribution in [3.63, 3.8) is 0 Å². The zero-order valence-electron chi connectivity index (χ0n) is 9.51. The lowest BCUT2D eigenvalue weighted by atomic mass is 10.0. The summed E-state index contributed by atoms with van der Waals surface area (Å²) in [6, 6.07) is 8.85. The number of allylic oxidation sites excluding steroid dienone is 2. The molecule has 0 heterocycles. The largest absolute Gasteiger partial charge is 0.0885 e. The standard InChI is InChI=1S/C14H20/c1-4-13(5-2)10-11-14-8-6-12(3)7-9-14/h4,6-9H,5,10-11H2,1-3H3/b13-4-. The molecule has 0 bridgehead atoms. The summed E-state index contributed by atoms with van der Waals surface area (Å²) >= 11 is 0. The van der Waals surface area contributed by atoms with E-state index in [9.17, 15) is 0 Å². The van der Waals surface area contributed by atoms with Gasteiger partial charge < -0.3 is 0 Å². The second kappa shape index (κ2) is 5.64. The maximum atomic E-state index is 2.24. The second-order valence-electron chi connectivity index (χ2n) is 3.79. The molecular weight excluding hydrogens is 168 g/mol. The Balaban J connectivity index is 2.49. The highest BCUT2D eigenvalue weighted by Gasteiger charge is 1.95. The van der Waals surface area contributed by atoms with Crippen molar-refractivity contribution >= 4 is 0 Å². The van der Waals surface area contributed by atoms with Crippen LogP contribution in [0.4, 0.5) is 0 Å². The molecule has 0 radical (unpaired) electrons. The first-order valence-electron chi connectivity index (χ1n) is 5.46. The monoisotopic (exact) mass is 188 g/mol. The van der Waals surface area contributed by atoms with Crippen LogP contribution in [-0.4, -0.2) is 0 Å². The van der Waals surface area contributed by atoms with Crippen LogP contribution in [0.5, 0.6) is 0 Å². The third-order valence-corrected chi connectivity index (χ3v) is 2.72. The highest BCUT2D eigenvalue weighted by atomic mass is 14.0. The van der Waals surface area contributed by atoms with Gasteiger partial charge in [0.25, 0.3) is 0 Å². The topological polar surface area (TPSA) is 0 Å². The summed E-state index contributed by atoms with van der Waals surface area (Å²) in [6.45, 7) is 6.49. The quantitative estimate of drug-likeness (QED) is 0.618. The molecule has 14 heavy (non-hydrogen) atoms. The van der Waals surface area contributed by atoms with Crippen LogP contribution in [0.2, 0.25) is 0 Å². The zero-order valence-corrected chi connectivity index (χ0v) is 9.51. The third-order valence-electron chi connectivity index (χ3n) is 2.72. The Morgan fingerprint density at radius 2 is 1.86 bits per heavy atom. The van der Waals surface area contributed by atoms with E-state index in [1.807, 2.05) is 0 Å². The Morgan fingerprint density at radius 3 is 2.36 bits per heavy atom. The second-order valence-corrected chi connectivity index (χ2v) is 3.79. The first kappa shape index (κ1) is 11.0. The van der Waals surface area contributed by atoms with Crippen molar-refractivity contribution in [2.24, 2.45) is 0 Å². The van der Waals surface area contributed by atoms with Crippen LogP contribution in [0.15, 0.2) is 35.9 Å². The molecule has 0 unspecified atom stereocenters. The third kappa shape index (κ3) is 3.37. The average Bonchev–Trinajstić information content (AvgIpc) is 2.22. The fourth-order valence-electron chi connectivity index (χ4n) is 1.58. The Hall–Kier alpha value is -1.04. The maximum Gasteiger partial charge on any atom is -0.0241 e. The van der Waals surface area contributed by atoms with Gasteiger partial charge >= 0.3 is 0 Å². The van der Waals surface area contributed by atoms with E-state index in [2.05, 4.69) is 51.1 Å². The highest BCUT2D eigenvalue weighted by Crippen LogP contribution is 2.12. The molecule has 0 fully saturated rings. The van der Waals surface area contributed by atoms with Crippen molar-refractivity contribution < 1.29 is 0 Å². The Kier molecular flexibility index (Phi) is 4.45. The molecule has 76 valence electrons. The highest BCUT2D eigenvalue weighted by molar-refractivity contribution is 5.22. The molecule has 0 heteroatoms. The average molecular weight is 188 g/mol. The Labute approximate surface area is 87.7 Å². The van der Waals surface area contributed by atoms with Crippen LogP contribution in [0.1, 0.15) is 37.8 Å². The molecular formula is C14H20. The number of hydrogen-bond acceptors (Lipinski definition) is 0. The summed E-state index contributed by atoms with van der Waals surface area (Å²) in [5.74, 6) is 0. The van der Waals surface area contributed by atoms with Gasteiger partial charge in [-0.1, -0.05) is 48.4 Å². The normalized spacial score (nSPS) is 11.8. The minimum Gasteiger partial charge on any atom is -0.0885 e. The molecule has 0 saturated carbocycles. The predicted molar refractivity (Wildman–Crippen MR) is 63.5 cm³/mol. The van der Waals surface area contributed by atoms with Gasteiger partial charge in [-0.05, 0) is 38.7 Å². The van der Waals surface area contributed by atoms with Crippen molar-refractivity contribution in [3.8, 4) is 0 Å². The van der Waals surface area contributed by atoms with E-state index >= 15 is 0 Å². The van der Waals surface area contributed by atoms with E-state index < -0.39 is 0 Å². The van der Waals surface area contributed by atoms with E-state index in [4.69, 9.17) is 0 Å². The van der Waals surface area contributed by atoms with E-state index in [-0.39, 0.29) is 0 Å². The molecule has 1 rings (SSSR count). The first-order chi connectivity index (χ1) is 6.76. The van der Waals surface area contributed by atoms with Gasteiger partial charge in [-0.2, -0.15) is 0 Å². The number of hydrogen-bond donors (Lipinski definition) is 0. The minimum atomic E-state index is 1.17. The van der Waals surface area contributed by atoms with Crippen molar-refractivity contribution in [1.82, 2.24) is 0 Å². The van der Waals surface area contributed by atoms with E-state index in [1.165, 1.54) is 30.4 Å². The summed E-state index contributed by atoms with van der Waals surface area (Å²) in [7, 11) is 0. The summed E-state index contributed by atoms with van der Waals surface area (Å²) in [5.41, 5.74) is 4.35. The Morgan fingerprint density at radius 1 is 1.21 bits per heavy atom. The lowest BCUT2D eigenvalue weighted by Crippen LogP contribution is -1.88. The molecule has 0 aliphatic carbocycles. The van der Waals surface area contributed by atoms with Gasteiger partial charge in [0.05, 0.1) is 0 Å². The van der Waals surface area contributed by atoms with E-state index in [0.29, 0.717) is 0 Å². The summed E-state index contributed by atoms with van der Waals surface area (Å²) in [4.78, 5) is 0. The first-order valence-corrected chi connectivity index (χ1v) is 5.46. The molecule has 0 aliphatic rings. The van der Waals surface area contributed by atoms with E-state index in [1.54, 1.807) is 5.57 Å². The Bertz CT molecular complexity index is 290. The molecule has 0 aromatic heterocycles. The van der Waals surface area contributed by atoms with Crippen molar-refractivity contribution in [3.05, 3.63) is 47.0 Å². The number of aryl methyl sites for hydroxylation is 2. The van der Waals surface area contributed by atoms with Crippen LogP contribution in [0.3, 0.4) is 0 Å². The predicted octanol–water partition coefficient (Wildman–Crippen LogP) is 4.28. The van der Waals surface area contributed by atoms with Gasteiger partial charge in [-0.3, -0.25) is 0 Å². The van der Waals surface area contributed by atoms with Gasteiger partial charge in [0.1, 0.15) is 0 Å². The lowest BCUT2D eigenvalue weighted by Gasteiger charge is -2.04. The fraction of sp³-hybridized carbons (Fsp3) is 0.429. The van der Waals surface area contributed by atoms with Crippen molar-refractivity contribution in [2.45, 2.75) is 40.0 Å². The molecule has 0 aliphatic heterocycles. The van der Waals surface area contributed by atoms with Gasteiger partial charge in [0.2, 0.25) is 0 Å². The lowest BCUT2D eigenvalue weighted by molar-refractivity contribution is 0.881. The number of rotatable bonds is 4. The van der Waals surface area contributed by atoms with Crippen LogP contribution < -0.4 is 0 Å². The molecule has 0 nitrogen and oxygen atoms in total. The smallest absolute Gasteiger partial charge is 0.0241 e. The van der Waals surface area contributed by atoms with Crippen LogP contribution in [-0.2, 0) is 6.42 Å². The van der Waals surface area contributed by atoms with Crippen LogP contribution in [0.25, 0.3) is 0 Å². The number of benzene rings is 1.